The second-order valence-electron chi connectivity index (χ2n) is 13.5. The summed E-state index contributed by atoms with van der Waals surface area (Å²) in [5, 5.41) is 9.61. The summed E-state index contributed by atoms with van der Waals surface area (Å²) in [6, 6.07) is 7.59. The van der Waals surface area contributed by atoms with Crippen molar-refractivity contribution in [2.45, 2.75) is 58.8 Å². The number of aryl methyl sites for hydroxylation is 4. The number of ether oxygens (including phenoxy) is 3. The van der Waals surface area contributed by atoms with Crippen molar-refractivity contribution in [2.24, 2.45) is 5.92 Å². The third-order valence-electron chi connectivity index (χ3n) is 10.7. The Morgan fingerprint density at radius 2 is 1.45 bits per heavy atom. The second-order valence-corrected chi connectivity index (χ2v) is 13.5. The minimum atomic E-state index is -1.18. The first-order valence-corrected chi connectivity index (χ1v) is 17.2. The molecule has 0 radical (unpaired) electrons. The van der Waals surface area contributed by atoms with E-state index >= 15 is 0 Å². The number of H-pyrrole nitrogens is 2. The van der Waals surface area contributed by atoms with E-state index in [0.29, 0.717) is 51.3 Å². The van der Waals surface area contributed by atoms with Crippen LogP contribution in [-0.4, -0.2) is 70.2 Å². The number of fused-ring (bicyclic) bond motifs is 11. The number of hydrogen-bond acceptors (Lipinski definition) is 9. The van der Waals surface area contributed by atoms with Crippen LogP contribution < -0.4 is 0 Å². The number of carbonyl (C=O) groups is 4. The van der Waals surface area contributed by atoms with Gasteiger partial charge in [-0.05, 0) is 98.2 Å². The van der Waals surface area contributed by atoms with E-state index in [-0.39, 0.29) is 30.8 Å². The Bertz CT molecular complexity index is 2370. The van der Waals surface area contributed by atoms with Crippen LogP contribution in [0.15, 0.2) is 54.6 Å². The summed E-state index contributed by atoms with van der Waals surface area (Å²) in [5.74, 6) is -3.66. The van der Waals surface area contributed by atoms with Crippen LogP contribution in [-0.2, 0) is 51.6 Å². The van der Waals surface area contributed by atoms with Gasteiger partial charge in [0.05, 0.1) is 55.1 Å². The highest BCUT2D eigenvalue weighted by Gasteiger charge is 2.53. The molecule has 5 heterocycles. The van der Waals surface area contributed by atoms with Crippen LogP contribution in [0.1, 0.15) is 71.7 Å². The SMILES string of the molecule is C=CC1=C(C)c2cc3nc(cc4[nH]c(cc5[nH]c(cc1n2)c(C)c5CCC(=O)O)c(CCC(=O)OC)c4C)[C@]1(C)C3=CC=C(C(=O)OC)[C@@H]1C(=O)OC. The van der Waals surface area contributed by atoms with Gasteiger partial charge in [0.15, 0.2) is 0 Å². The highest BCUT2D eigenvalue weighted by Crippen LogP contribution is 2.52. The Morgan fingerprint density at radius 3 is 2.04 bits per heavy atom. The van der Waals surface area contributed by atoms with Crippen molar-refractivity contribution in [1.82, 2.24) is 19.9 Å². The van der Waals surface area contributed by atoms with Crippen LogP contribution in [0.3, 0.4) is 0 Å². The van der Waals surface area contributed by atoms with Gasteiger partial charge in [-0.2, -0.15) is 0 Å². The van der Waals surface area contributed by atoms with E-state index in [0.717, 1.165) is 38.9 Å². The second kappa shape index (κ2) is 14.2. The van der Waals surface area contributed by atoms with Gasteiger partial charge in [-0.3, -0.25) is 19.4 Å². The van der Waals surface area contributed by atoms with Gasteiger partial charge < -0.3 is 29.3 Å². The normalized spacial score (nSPS) is 17.8. The Morgan fingerprint density at radius 1 is 0.811 bits per heavy atom. The average molecular weight is 719 g/mol. The maximum atomic E-state index is 13.7. The molecule has 0 amide bonds. The van der Waals surface area contributed by atoms with Gasteiger partial charge in [0.2, 0.25) is 0 Å². The quantitative estimate of drug-likeness (QED) is 0.166. The number of methoxy groups -OCH3 is 3. The number of nitrogens with one attached hydrogen (secondary N) is 2. The zero-order valence-corrected chi connectivity index (χ0v) is 30.9. The number of nitrogens with zero attached hydrogens (tertiary/aromatic N) is 2. The van der Waals surface area contributed by atoms with Gasteiger partial charge in [-0.1, -0.05) is 24.8 Å². The number of carboxylic acids is 1. The zero-order valence-electron chi connectivity index (χ0n) is 30.9. The maximum absolute atomic E-state index is 13.7. The van der Waals surface area contributed by atoms with Crippen molar-refractivity contribution in [1.29, 1.82) is 0 Å². The minimum Gasteiger partial charge on any atom is -0.481 e. The molecule has 0 saturated heterocycles. The van der Waals surface area contributed by atoms with Gasteiger partial charge >= 0.3 is 23.9 Å². The Labute approximate surface area is 306 Å². The summed E-state index contributed by atoms with van der Waals surface area (Å²) < 4.78 is 15.4. The first kappa shape index (κ1) is 36.7. The van der Waals surface area contributed by atoms with E-state index in [1.165, 1.54) is 21.3 Å². The molecular weight excluding hydrogens is 676 g/mol. The third-order valence-corrected chi connectivity index (χ3v) is 10.7. The molecule has 0 saturated carbocycles. The first-order chi connectivity index (χ1) is 25.3. The summed E-state index contributed by atoms with van der Waals surface area (Å²) in [7, 11) is 3.89. The van der Waals surface area contributed by atoms with Crippen molar-refractivity contribution in [2.75, 3.05) is 21.3 Å². The van der Waals surface area contributed by atoms with Gasteiger partial charge in [0.1, 0.15) is 5.92 Å². The summed E-state index contributed by atoms with van der Waals surface area (Å²) in [5.41, 5.74) is 9.92. The number of aliphatic carboxylic acids is 1. The molecule has 3 aromatic heterocycles. The van der Waals surface area contributed by atoms with E-state index in [1.54, 1.807) is 18.2 Å². The lowest BCUT2D eigenvalue weighted by atomic mass is 9.64. The standard InChI is InChI=1S/C41H42N4O8/c1-9-23-20(2)29-17-34-27-13-10-26(39(49)52-7)38(40(50)53-8)41(27,5)35(45-34)19-30-22(4)25(12-15-37(48)51-6)33(44-30)18-32-24(11-14-36(46)47)21(3)28(43-32)16-31(23)42-29/h9-10,13,16-19,38,43-44H,1,11-12,14-15H2,2-8H3,(H,46,47)/t38-,41+/m1/s1. The monoisotopic (exact) mass is 718 g/mol. The minimum absolute atomic E-state index is 0.0715. The molecule has 53 heavy (non-hydrogen) atoms. The molecule has 0 fully saturated rings. The van der Waals surface area contributed by atoms with Gasteiger partial charge in [0.25, 0.3) is 0 Å². The van der Waals surface area contributed by atoms with Gasteiger partial charge in [-0.25, -0.2) is 9.78 Å². The van der Waals surface area contributed by atoms with Crippen molar-refractivity contribution in [3.8, 4) is 0 Å². The van der Waals surface area contributed by atoms with Gasteiger partial charge in [-0.15, -0.1) is 0 Å². The highest BCUT2D eigenvalue weighted by atomic mass is 16.5. The summed E-state index contributed by atoms with van der Waals surface area (Å²) in [4.78, 5) is 68.1. The van der Waals surface area contributed by atoms with E-state index in [4.69, 9.17) is 24.2 Å². The molecule has 2 atom stereocenters. The number of rotatable bonds is 9. The average Bonchev–Trinajstić information content (AvgIpc) is 3.79. The predicted molar refractivity (Wildman–Crippen MR) is 200 cm³/mol. The molecular formula is C41H42N4O8. The van der Waals surface area contributed by atoms with Crippen LogP contribution in [0, 0.1) is 19.8 Å². The number of carboxylic acid groups (broad SMARTS) is 1. The highest BCUT2D eigenvalue weighted by molar-refractivity contribution is 6.02. The van der Waals surface area contributed by atoms with Gasteiger partial charge in [0, 0.05) is 40.5 Å². The molecule has 6 rings (SSSR count). The molecule has 8 bridgehead atoms. The van der Waals surface area contributed by atoms with Crippen molar-refractivity contribution in [3.63, 3.8) is 0 Å². The number of hydrogen-bond donors (Lipinski definition) is 3. The fraction of sp³-hybridized carbons (Fsp3) is 0.317. The molecule has 12 nitrogen and oxygen atoms in total. The van der Waals surface area contributed by atoms with E-state index in [1.807, 2.05) is 52.0 Å². The lowest BCUT2D eigenvalue weighted by Gasteiger charge is -2.36. The number of carbonyl (C=O) groups excluding carboxylic acids is 3. The molecule has 3 aromatic rings. The van der Waals surface area contributed by atoms with E-state index in [2.05, 4.69) is 16.5 Å². The van der Waals surface area contributed by atoms with Crippen LogP contribution in [0.2, 0.25) is 0 Å². The topological polar surface area (TPSA) is 174 Å². The number of esters is 3. The number of aromatic amines is 2. The molecule has 12 heteroatoms. The van der Waals surface area contributed by atoms with E-state index < -0.39 is 29.2 Å². The van der Waals surface area contributed by atoms with Crippen LogP contribution in [0.4, 0.5) is 0 Å². The van der Waals surface area contributed by atoms with E-state index in [9.17, 15) is 24.3 Å². The molecule has 0 aromatic carbocycles. The fourth-order valence-electron chi connectivity index (χ4n) is 7.69. The number of allylic oxidation sites excluding steroid dienone is 6. The lowest BCUT2D eigenvalue weighted by molar-refractivity contribution is -0.149. The van der Waals surface area contributed by atoms with Crippen LogP contribution in [0.5, 0.6) is 0 Å². The molecule has 0 unspecified atom stereocenters. The molecule has 0 spiro atoms. The molecule has 3 N–H and O–H groups in total. The molecule has 274 valence electrons. The van der Waals surface area contributed by atoms with Crippen molar-refractivity contribution < 1.29 is 38.5 Å². The molecule has 1 aliphatic carbocycles. The summed E-state index contributed by atoms with van der Waals surface area (Å²) >= 11 is 0. The van der Waals surface area contributed by atoms with Crippen molar-refractivity contribution in [3.05, 3.63) is 99.7 Å². The first-order valence-electron chi connectivity index (χ1n) is 17.2. The number of aromatic nitrogens is 4. The third kappa shape index (κ3) is 6.28. The Balaban J connectivity index is 1.78. The summed E-state index contributed by atoms with van der Waals surface area (Å²) in [6.45, 7) is 11.8. The summed E-state index contributed by atoms with van der Waals surface area (Å²) in [6.07, 6.45) is 5.80. The zero-order chi connectivity index (χ0) is 38.4. The molecule has 3 aliphatic rings. The molecule has 2 aliphatic heterocycles. The Hall–Kier alpha value is -6.04. The fourth-order valence-corrected chi connectivity index (χ4v) is 7.69. The van der Waals surface area contributed by atoms with Crippen LogP contribution >= 0.6 is 0 Å². The largest absolute Gasteiger partial charge is 0.481 e. The van der Waals surface area contributed by atoms with Crippen molar-refractivity contribution >= 4 is 62.7 Å². The van der Waals surface area contributed by atoms with Crippen LogP contribution in [0.25, 0.3) is 38.8 Å². The maximum Gasteiger partial charge on any atom is 0.334 e. The smallest absolute Gasteiger partial charge is 0.334 e. The lowest BCUT2D eigenvalue weighted by Crippen LogP contribution is -2.42. The predicted octanol–water partition coefficient (Wildman–Crippen LogP) is 6.41. The Kier molecular flexibility index (Phi) is 9.83.